The predicted molar refractivity (Wildman–Crippen MR) is 74.3 cm³/mol. The Morgan fingerprint density at radius 3 is 2.94 bits per heavy atom. The van der Waals surface area contributed by atoms with Gasteiger partial charge in [-0.15, -0.1) is 0 Å². The van der Waals surface area contributed by atoms with Gasteiger partial charge in [-0.2, -0.15) is 0 Å². The molecule has 0 amide bonds. The fourth-order valence-electron chi connectivity index (χ4n) is 3.41. The first-order valence-corrected chi connectivity index (χ1v) is 7.80. The van der Waals surface area contributed by atoms with Gasteiger partial charge in [0.05, 0.1) is 13.7 Å². The Hall–Kier alpha value is 0. The Labute approximate surface area is 117 Å². The summed E-state index contributed by atoms with van der Waals surface area (Å²) in [4.78, 5) is 10.9. The van der Waals surface area contributed by atoms with Gasteiger partial charge >= 0.3 is 6.16 Å². The fourth-order valence-corrected chi connectivity index (χ4v) is 4.71. The van der Waals surface area contributed by atoms with Crippen LogP contribution in [-0.2, 0) is 9.47 Å². The van der Waals surface area contributed by atoms with Crippen molar-refractivity contribution < 1.29 is 14.3 Å². The van der Waals surface area contributed by atoms with Crippen molar-refractivity contribution in [3.8, 4) is 0 Å². The van der Waals surface area contributed by atoms with E-state index in [0.29, 0.717) is 6.61 Å². The second kappa shape index (κ2) is 6.25. The number of carbonyl (C=O) groups is 1. The molecule has 2 aliphatic rings. The van der Waals surface area contributed by atoms with E-state index in [1.54, 1.807) is 0 Å². The van der Waals surface area contributed by atoms with Gasteiger partial charge in [0.1, 0.15) is 0 Å². The molecule has 0 aromatic rings. The van der Waals surface area contributed by atoms with Crippen LogP contribution in [0.3, 0.4) is 0 Å². The average Bonchev–Trinajstić information content (AvgIpc) is 2.35. The highest BCUT2D eigenvalue weighted by molar-refractivity contribution is 14.1. The van der Waals surface area contributed by atoms with E-state index in [1.165, 1.54) is 39.2 Å². The largest absolute Gasteiger partial charge is 0.507 e. The number of ether oxygens (including phenoxy) is 2. The Morgan fingerprint density at radius 2 is 2.18 bits per heavy atom. The van der Waals surface area contributed by atoms with E-state index >= 15 is 0 Å². The zero-order valence-electron chi connectivity index (χ0n) is 10.4. The van der Waals surface area contributed by atoms with Crippen LogP contribution < -0.4 is 0 Å². The maximum atomic E-state index is 10.9. The summed E-state index contributed by atoms with van der Waals surface area (Å²) in [5.74, 6) is 2.57. The number of halogens is 1. The average molecular weight is 352 g/mol. The molecule has 2 rings (SSSR count). The van der Waals surface area contributed by atoms with Gasteiger partial charge in [0, 0.05) is 3.92 Å². The minimum Gasteiger partial charge on any atom is -0.438 e. The molecule has 0 saturated heterocycles. The van der Waals surface area contributed by atoms with E-state index in [-0.39, 0.29) is 0 Å². The van der Waals surface area contributed by atoms with Crippen LogP contribution in [0.5, 0.6) is 0 Å². The molecule has 2 bridgehead atoms. The molecule has 0 aromatic carbocycles. The van der Waals surface area contributed by atoms with E-state index in [2.05, 4.69) is 27.3 Å². The fraction of sp³-hybridized carbons (Fsp3) is 0.923. The molecule has 4 atom stereocenters. The molecule has 0 spiro atoms. The molecule has 17 heavy (non-hydrogen) atoms. The third-order valence-corrected chi connectivity index (χ3v) is 6.27. The third-order valence-electron chi connectivity index (χ3n) is 4.24. The smallest absolute Gasteiger partial charge is 0.438 e. The highest BCUT2D eigenvalue weighted by Gasteiger charge is 2.38. The molecule has 4 heteroatoms. The molecule has 0 aliphatic heterocycles. The SMILES string of the molecule is COC(=O)OCCC1CC2CCCC(C2)C1I. The van der Waals surface area contributed by atoms with E-state index in [1.807, 2.05) is 0 Å². The summed E-state index contributed by atoms with van der Waals surface area (Å²) < 4.78 is 10.2. The Morgan fingerprint density at radius 1 is 1.35 bits per heavy atom. The summed E-state index contributed by atoms with van der Waals surface area (Å²) in [6.45, 7) is 0.510. The van der Waals surface area contributed by atoms with E-state index in [4.69, 9.17) is 4.74 Å². The number of alkyl halides is 1. The molecule has 2 saturated carbocycles. The molecule has 0 radical (unpaired) electrons. The number of hydrogen-bond donors (Lipinski definition) is 0. The lowest BCUT2D eigenvalue weighted by atomic mass is 9.67. The maximum absolute atomic E-state index is 10.9. The van der Waals surface area contributed by atoms with Crippen LogP contribution in [0, 0.1) is 17.8 Å². The Balaban J connectivity index is 1.78. The third kappa shape index (κ3) is 3.48. The van der Waals surface area contributed by atoms with Crippen LogP contribution in [0.1, 0.15) is 38.5 Å². The maximum Gasteiger partial charge on any atom is 0.507 e. The van der Waals surface area contributed by atoms with E-state index < -0.39 is 6.16 Å². The summed E-state index contributed by atoms with van der Waals surface area (Å²) in [6.07, 6.45) is 7.44. The molecule has 0 heterocycles. The number of methoxy groups -OCH3 is 1. The first-order chi connectivity index (χ1) is 8.20. The first-order valence-electron chi connectivity index (χ1n) is 6.55. The van der Waals surface area contributed by atoms with Crippen LogP contribution >= 0.6 is 22.6 Å². The van der Waals surface area contributed by atoms with Gasteiger partial charge in [0.25, 0.3) is 0 Å². The lowest BCUT2D eigenvalue weighted by molar-refractivity contribution is 0.0608. The summed E-state index contributed by atoms with van der Waals surface area (Å²) >= 11 is 2.62. The molecule has 3 nitrogen and oxygen atoms in total. The minimum atomic E-state index is -0.550. The normalized spacial score (nSPS) is 36.4. The monoisotopic (exact) mass is 352 g/mol. The van der Waals surface area contributed by atoms with Crippen molar-refractivity contribution in [2.75, 3.05) is 13.7 Å². The Kier molecular flexibility index (Phi) is 4.94. The number of carbonyl (C=O) groups excluding carboxylic acids is 1. The van der Waals surface area contributed by atoms with Gasteiger partial charge in [-0.05, 0) is 43.4 Å². The quantitative estimate of drug-likeness (QED) is 0.440. The molecule has 0 N–H and O–H groups in total. The van der Waals surface area contributed by atoms with Gasteiger partial charge < -0.3 is 9.47 Å². The lowest BCUT2D eigenvalue weighted by Crippen LogP contribution is -2.36. The van der Waals surface area contributed by atoms with Crippen molar-refractivity contribution in [1.82, 2.24) is 0 Å². The number of hydrogen-bond acceptors (Lipinski definition) is 3. The molecular formula is C13H21IO3. The molecule has 4 unspecified atom stereocenters. The van der Waals surface area contributed by atoms with Crippen molar-refractivity contribution in [1.29, 1.82) is 0 Å². The summed E-state index contributed by atoms with van der Waals surface area (Å²) in [6, 6.07) is 0. The minimum absolute atomic E-state index is 0.510. The van der Waals surface area contributed by atoms with Crippen LogP contribution in [0.25, 0.3) is 0 Å². The second-order valence-corrected chi connectivity index (χ2v) is 6.76. The Bertz CT molecular complexity index is 269. The molecule has 98 valence electrons. The van der Waals surface area contributed by atoms with Crippen molar-refractivity contribution in [3.63, 3.8) is 0 Å². The van der Waals surface area contributed by atoms with Crippen LogP contribution in [0.15, 0.2) is 0 Å². The lowest BCUT2D eigenvalue weighted by Gasteiger charge is -2.43. The topological polar surface area (TPSA) is 35.5 Å². The van der Waals surface area contributed by atoms with Gasteiger partial charge in [-0.3, -0.25) is 0 Å². The van der Waals surface area contributed by atoms with Crippen LogP contribution in [0.2, 0.25) is 0 Å². The number of rotatable bonds is 3. The van der Waals surface area contributed by atoms with Crippen LogP contribution in [-0.4, -0.2) is 23.8 Å². The van der Waals surface area contributed by atoms with Crippen molar-refractivity contribution >= 4 is 28.7 Å². The van der Waals surface area contributed by atoms with Crippen LogP contribution in [0.4, 0.5) is 4.79 Å². The molecule has 2 aliphatic carbocycles. The molecule has 0 aromatic heterocycles. The van der Waals surface area contributed by atoms with Gasteiger partial charge in [0.2, 0.25) is 0 Å². The second-order valence-electron chi connectivity index (χ2n) is 5.32. The van der Waals surface area contributed by atoms with Gasteiger partial charge in [-0.25, -0.2) is 4.79 Å². The van der Waals surface area contributed by atoms with E-state index in [9.17, 15) is 4.79 Å². The molecular weight excluding hydrogens is 331 g/mol. The highest BCUT2D eigenvalue weighted by atomic mass is 127. The number of fused-ring (bicyclic) bond motifs is 2. The predicted octanol–water partition coefficient (Wildman–Crippen LogP) is 3.79. The van der Waals surface area contributed by atoms with Crippen molar-refractivity contribution in [2.45, 2.75) is 42.4 Å². The highest BCUT2D eigenvalue weighted by Crippen LogP contribution is 2.46. The van der Waals surface area contributed by atoms with Crippen molar-refractivity contribution in [2.24, 2.45) is 17.8 Å². The summed E-state index contributed by atoms with van der Waals surface area (Å²) in [5, 5.41) is 0. The van der Waals surface area contributed by atoms with E-state index in [0.717, 1.165) is 28.1 Å². The summed E-state index contributed by atoms with van der Waals surface area (Å²) in [7, 11) is 1.36. The first kappa shape index (κ1) is 13.4. The zero-order chi connectivity index (χ0) is 12.3. The van der Waals surface area contributed by atoms with Crippen molar-refractivity contribution in [3.05, 3.63) is 0 Å². The van der Waals surface area contributed by atoms with Gasteiger partial charge in [-0.1, -0.05) is 35.4 Å². The standard InChI is InChI=1S/C13H21IO3/c1-16-13(15)17-6-5-11-8-9-3-2-4-10(7-9)12(11)14/h9-12H,2-8H2,1H3. The zero-order valence-corrected chi connectivity index (χ0v) is 12.5. The summed E-state index contributed by atoms with van der Waals surface area (Å²) in [5.41, 5.74) is 0. The van der Waals surface area contributed by atoms with Gasteiger partial charge in [0.15, 0.2) is 0 Å². The molecule has 2 fully saturated rings.